The van der Waals surface area contributed by atoms with E-state index in [-0.39, 0.29) is 27.6 Å². The molecule has 0 radical (unpaired) electrons. The number of hydrogen-bond acceptors (Lipinski definition) is 4. The summed E-state index contributed by atoms with van der Waals surface area (Å²) < 4.78 is 15.0. The van der Waals surface area contributed by atoms with Gasteiger partial charge in [-0.2, -0.15) is 5.10 Å². The van der Waals surface area contributed by atoms with Crippen LogP contribution in [0.5, 0.6) is 0 Å². The predicted octanol–water partition coefficient (Wildman–Crippen LogP) is 3.01. The molecule has 1 atom stereocenters. The molecule has 136 valence electrons. The molecule has 3 N–H and O–H groups in total. The molecule has 0 aliphatic heterocycles. The van der Waals surface area contributed by atoms with Gasteiger partial charge in [-0.1, -0.05) is 24.9 Å². The molecule has 10 heteroatoms. The summed E-state index contributed by atoms with van der Waals surface area (Å²) in [5.41, 5.74) is -0.438. The average Bonchev–Trinajstić information content (AvgIpc) is 3.11. The molecule has 3 aromatic rings. The lowest BCUT2D eigenvalue weighted by atomic mass is 10.1. The van der Waals surface area contributed by atoms with Crippen molar-refractivity contribution in [1.82, 2.24) is 25.1 Å². The van der Waals surface area contributed by atoms with Crippen molar-refractivity contribution in [3.63, 3.8) is 0 Å². The number of rotatable bonds is 5. The Labute approximate surface area is 151 Å². The third kappa shape index (κ3) is 3.13. The van der Waals surface area contributed by atoms with Crippen molar-refractivity contribution in [2.24, 2.45) is 0 Å². The highest BCUT2D eigenvalue weighted by atomic mass is 35.5. The number of benzene rings is 1. The van der Waals surface area contributed by atoms with E-state index in [0.717, 1.165) is 10.6 Å². The van der Waals surface area contributed by atoms with E-state index in [1.807, 2.05) is 6.92 Å². The molecule has 0 spiro atoms. The molecule has 26 heavy (non-hydrogen) atoms. The van der Waals surface area contributed by atoms with E-state index < -0.39 is 23.5 Å². The molecule has 0 aliphatic carbocycles. The van der Waals surface area contributed by atoms with Crippen LogP contribution in [0, 0.1) is 5.82 Å². The first-order chi connectivity index (χ1) is 12.4. The number of aromatic amines is 1. The molecule has 0 bridgehead atoms. The maximum Gasteiger partial charge on any atom is 0.405 e. The largest absolute Gasteiger partial charge is 0.465 e. The molecule has 3 rings (SSSR count). The Morgan fingerprint density at radius 2 is 2.23 bits per heavy atom. The Morgan fingerprint density at radius 1 is 1.46 bits per heavy atom. The van der Waals surface area contributed by atoms with Crippen LogP contribution in [-0.4, -0.2) is 30.9 Å². The van der Waals surface area contributed by atoms with Crippen LogP contribution in [0.3, 0.4) is 0 Å². The lowest BCUT2D eigenvalue weighted by Crippen LogP contribution is -2.34. The number of H-pyrrole nitrogens is 1. The van der Waals surface area contributed by atoms with Crippen LogP contribution < -0.4 is 10.9 Å². The first-order valence-corrected chi connectivity index (χ1v) is 8.21. The number of hydrogen-bond donors (Lipinski definition) is 3. The number of aromatic nitrogens is 4. The number of carboxylic acid groups (broad SMARTS) is 1. The van der Waals surface area contributed by atoms with Gasteiger partial charge < -0.3 is 10.4 Å². The van der Waals surface area contributed by atoms with Crippen molar-refractivity contribution < 1.29 is 14.3 Å². The molecule has 8 nitrogen and oxygen atoms in total. The Balaban J connectivity index is 2.37. The molecular weight excluding hydrogens is 365 g/mol. The van der Waals surface area contributed by atoms with Crippen molar-refractivity contribution in [2.45, 2.75) is 25.8 Å². The lowest BCUT2D eigenvalue weighted by Gasteiger charge is -2.20. The van der Waals surface area contributed by atoms with E-state index in [0.29, 0.717) is 12.8 Å². The number of carbonyl (C=O) groups is 1. The van der Waals surface area contributed by atoms with E-state index in [1.165, 1.54) is 18.3 Å². The predicted molar refractivity (Wildman–Crippen MR) is 93.3 cm³/mol. The molecule has 1 aromatic carbocycles. The molecule has 1 unspecified atom stereocenters. The van der Waals surface area contributed by atoms with Crippen molar-refractivity contribution in [3.05, 3.63) is 51.4 Å². The second-order valence-corrected chi connectivity index (χ2v) is 5.98. The fourth-order valence-electron chi connectivity index (χ4n) is 2.77. The smallest absolute Gasteiger partial charge is 0.405 e. The van der Waals surface area contributed by atoms with Gasteiger partial charge in [0.05, 0.1) is 28.2 Å². The minimum Gasteiger partial charge on any atom is -0.465 e. The zero-order valence-electron chi connectivity index (χ0n) is 13.7. The normalized spacial score (nSPS) is 12.3. The Hall–Kier alpha value is -2.94. The van der Waals surface area contributed by atoms with Gasteiger partial charge in [0.2, 0.25) is 0 Å². The summed E-state index contributed by atoms with van der Waals surface area (Å²) in [6.45, 7) is 1.88. The molecule has 2 aromatic heterocycles. The van der Waals surface area contributed by atoms with Crippen molar-refractivity contribution in [3.8, 4) is 5.82 Å². The molecule has 0 fully saturated rings. The van der Waals surface area contributed by atoms with Crippen LogP contribution >= 0.6 is 11.6 Å². The summed E-state index contributed by atoms with van der Waals surface area (Å²) in [5, 5.41) is 17.5. The van der Waals surface area contributed by atoms with Gasteiger partial charge in [-0.15, -0.1) is 0 Å². The fourth-order valence-corrected chi connectivity index (χ4v) is 3.01. The standard InChI is InChI=1S/C16H15ClFN5O3/c1-2-3-10(21-16(25)26)14-20-9-5-4-8(18)13(17)12(9)15(24)23(14)11-6-7-19-22-11/h4-7,10,21H,2-3H2,1H3,(H,19,22)(H,25,26). The summed E-state index contributed by atoms with van der Waals surface area (Å²) in [4.78, 5) is 28.7. The van der Waals surface area contributed by atoms with Crippen molar-refractivity contribution in [1.29, 1.82) is 0 Å². The highest BCUT2D eigenvalue weighted by Gasteiger charge is 2.24. The van der Waals surface area contributed by atoms with E-state index >= 15 is 0 Å². The number of nitrogens with one attached hydrogen (secondary N) is 2. The van der Waals surface area contributed by atoms with Crippen molar-refractivity contribution >= 4 is 28.6 Å². The first-order valence-electron chi connectivity index (χ1n) is 7.84. The molecular formula is C16H15ClFN5O3. The Morgan fingerprint density at radius 3 is 2.85 bits per heavy atom. The van der Waals surface area contributed by atoms with Crippen LogP contribution in [0.2, 0.25) is 5.02 Å². The van der Waals surface area contributed by atoms with Crippen LogP contribution in [0.15, 0.2) is 29.2 Å². The third-order valence-corrected chi connectivity index (χ3v) is 4.24. The topological polar surface area (TPSA) is 113 Å². The fraction of sp³-hybridized carbons (Fsp3) is 0.250. The highest BCUT2D eigenvalue weighted by Crippen LogP contribution is 2.26. The maximum atomic E-state index is 13.8. The number of halogens is 2. The van der Waals surface area contributed by atoms with Gasteiger partial charge in [0.25, 0.3) is 5.56 Å². The summed E-state index contributed by atoms with van der Waals surface area (Å²) in [6, 6.07) is 3.22. The van der Waals surface area contributed by atoms with Gasteiger partial charge in [-0.05, 0) is 18.6 Å². The van der Waals surface area contributed by atoms with Gasteiger partial charge in [-0.3, -0.25) is 9.89 Å². The summed E-state index contributed by atoms with van der Waals surface area (Å²) in [5.74, 6) is -0.303. The van der Waals surface area contributed by atoms with Gasteiger partial charge in [0.15, 0.2) is 0 Å². The Bertz CT molecular complexity index is 1020. The van der Waals surface area contributed by atoms with Gasteiger partial charge >= 0.3 is 6.09 Å². The average molecular weight is 380 g/mol. The molecule has 0 saturated heterocycles. The number of fused-ring (bicyclic) bond motifs is 1. The van der Waals surface area contributed by atoms with E-state index in [9.17, 15) is 14.0 Å². The highest BCUT2D eigenvalue weighted by molar-refractivity contribution is 6.35. The van der Waals surface area contributed by atoms with Gasteiger partial charge in [0.1, 0.15) is 17.5 Å². The summed E-state index contributed by atoms with van der Waals surface area (Å²) in [6.07, 6.45) is 1.24. The van der Waals surface area contributed by atoms with Crippen LogP contribution in [0.1, 0.15) is 31.6 Å². The van der Waals surface area contributed by atoms with Crippen LogP contribution in [0.4, 0.5) is 9.18 Å². The minimum absolute atomic E-state index is 0.0874. The molecule has 2 heterocycles. The third-order valence-electron chi connectivity index (χ3n) is 3.87. The second-order valence-electron chi connectivity index (χ2n) is 5.60. The Kier molecular flexibility index (Phi) is 4.90. The zero-order chi connectivity index (χ0) is 18.8. The lowest BCUT2D eigenvalue weighted by molar-refractivity contribution is 0.188. The van der Waals surface area contributed by atoms with Gasteiger partial charge in [-0.25, -0.2) is 18.7 Å². The molecule has 0 saturated carbocycles. The van der Waals surface area contributed by atoms with Crippen molar-refractivity contribution in [2.75, 3.05) is 0 Å². The first kappa shape index (κ1) is 17.9. The zero-order valence-corrected chi connectivity index (χ0v) is 14.4. The SMILES string of the molecule is CCCC(NC(=O)O)c1nc2ccc(F)c(Cl)c2c(=O)n1-c1ccn[nH]1. The number of nitrogens with zero attached hydrogens (tertiary/aromatic N) is 3. The molecule has 1 amide bonds. The summed E-state index contributed by atoms with van der Waals surface area (Å²) >= 11 is 5.98. The quantitative estimate of drug-likeness (QED) is 0.630. The monoisotopic (exact) mass is 379 g/mol. The van der Waals surface area contributed by atoms with E-state index in [1.54, 1.807) is 0 Å². The summed E-state index contributed by atoms with van der Waals surface area (Å²) in [7, 11) is 0. The van der Waals surface area contributed by atoms with Crippen LogP contribution in [-0.2, 0) is 0 Å². The molecule has 0 aliphatic rings. The van der Waals surface area contributed by atoms with Gasteiger partial charge in [0, 0.05) is 6.07 Å². The minimum atomic E-state index is -1.24. The van der Waals surface area contributed by atoms with Crippen LogP contribution in [0.25, 0.3) is 16.7 Å². The second kappa shape index (κ2) is 7.12. The number of amides is 1. The maximum absolute atomic E-state index is 13.8. The van der Waals surface area contributed by atoms with E-state index in [4.69, 9.17) is 16.7 Å². The van der Waals surface area contributed by atoms with E-state index in [2.05, 4.69) is 20.5 Å².